The fraction of sp³-hybridized carbons (Fsp3) is 0.462. The Balaban J connectivity index is 3.08. The number of methoxy groups -OCH3 is 1. The summed E-state index contributed by atoms with van der Waals surface area (Å²) in [5.41, 5.74) is 0.785. The monoisotopic (exact) mass is 236 g/mol. The molecule has 0 radical (unpaired) electrons. The Bertz CT molecular complexity index is 412. The number of ether oxygens (including phenoxy) is 1. The van der Waals surface area contributed by atoms with Gasteiger partial charge in [0.05, 0.1) is 13.2 Å². The van der Waals surface area contributed by atoms with Gasteiger partial charge in [0.25, 0.3) is 0 Å². The third kappa shape index (κ3) is 3.43. The summed E-state index contributed by atoms with van der Waals surface area (Å²) in [7, 11) is 5.38. The van der Waals surface area contributed by atoms with E-state index in [1.807, 2.05) is 19.0 Å². The molecule has 0 fully saturated rings. The van der Waals surface area contributed by atoms with Crippen LogP contribution < -0.4 is 4.74 Å². The number of halogens is 1. The largest absolute Gasteiger partial charge is 0.496 e. The molecule has 0 saturated carbocycles. The van der Waals surface area contributed by atoms with Crippen LogP contribution in [0.25, 0.3) is 0 Å². The summed E-state index contributed by atoms with van der Waals surface area (Å²) in [6.45, 7) is 0. The highest BCUT2D eigenvalue weighted by atomic mass is 19.1. The van der Waals surface area contributed by atoms with E-state index in [2.05, 4.69) is 6.07 Å². The van der Waals surface area contributed by atoms with Gasteiger partial charge in [-0.25, -0.2) is 4.39 Å². The average Bonchev–Trinajstić information content (AvgIpc) is 2.29. The smallest absolute Gasteiger partial charge is 0.123 e. The molecule has 0 N–H and O–H groups in total. The van der Waals surface area contributed by atoms with Crippen LogP contribution in [0.4, 0.5) is 4.39 Å². The fourth-order valence-corrected chi connectivity index (χ4v) is 1.86. The first kappa shape index (κ1) is 13.5. The molecular weight excluding hydrogens is 219 g/mol. The van der Waals surface area contributed by atoms with Crippen LogP contribution in [0.3, 0.4) is 0 Å². The minimum absolute atomic E-state index is 0.0136. The van der Waals surface area contributed by atoms with Crippen molar-refractivity contribution >= 4 is 0 Å². The maximum absolute atomic E-state index is 13.3. The topological polar surface area (TPSA) is 36.3 Å². The van der Waals surface area contributed by atoms with Gasteiger partial charge in [0, 0.05) is 18.0 Å². The summed E-state index contributed by atoms with van der Waals surface area (Å²) < 4.78 is 18.5. The van der Waals surface area contributed by atoms with Crippen molar-refractivity contribution in [2.24, 2.45) is 0 Å². The SMILES string of the molecule is COc1ccc(F)cc1C(CCC#N)N(C)C. The second kappa shape index (κ2) is 6.21. The number of hydrogen-bond acceptors (Lipinski definition) is 3. The molecule has 4 heteroatoms. The molecule has 0 amide bonds. The number of nitrogens with zero attached hydrogens (tertiary/aromatic N) is 2. The van der Waals surface area contributed by atoms with E-state index < -0.39 is 0 Å². The molecule has 0 aromatic heterocycles. The highest BCUT2D eigenvalue weighted by molar-refractivity contribution is 5.36. The second-order valence-corrected chi connectivity index (χ2v) is 4.06. The third-order valence-corrected chi connectivity index (χ3v) is 2.70. The summed E-state index contributed by atoms with van der Waals surface area (Å²) in [4.78, 5) is 1.97. The van der Waals surface area contributed by atoms with E-state index in [4.69, 9.17) is 10.00 Å². The molecule has 1 aromatic rings. The molecule has 1 rings (SSSR count). The molecule has 0 aliphatic rings. The van der Waals surface area contributed by atoms with Crippen molar-refractivity contribution in [3.63, 3.8) is 0 Å². The van der Waals surface area contributed by atoms with Crippen LogP contribution >= 0.6 is 0 Å². The first-order chi connectivity index (χ1) is 8.10. The zero-order chi connectivity index (χ0) is 12.8. The Kier molecular flexibility index (Phi) is 4.92. The van der Waals surface area contributed by atoms with Crippen LogP contribution in [-0.4, -0.2) is 26.1 Å². The zero-order valence-electron chi connectivity index (χ0n) is 10.4. The van der Waals surface area contributed by atoms with Gasteiger partial charge < -0.3 is 9.64 Å². The summed E-state index contributed by atoms with van der Waals surface area (Å²) in [6.07, 6.45) is 1.09. The number of hydrogen-bond donors (Lipinski definition) is 0. The lowest BCUT2D eigenvalue weighted by Crippen LogP contribution is -2.20. The van der Waals surface area contributed by atoms with Gasteiger partial charge in [0.15, 0.2) is 0 Å². The molecular formula is C13H17FN2O. The summed E-state index contributed by atoms with van der Waals surface area (Å²) in [5, 5.41) is 8.65. The standard InChI is InChI=1S/C13H17FN2O/c1-16(2)12(5-4-8-15)11-9-10(14)6-7-13(11)17-3/h6-7,9,12H,4-5H2,1-3H3. The van der Waals surface area contributed by atoms with E-state index in [-0.39, 0.29) is 11.9 Å². The maximum atomic E-state index is 13.3. The molecule has 0 spiro atoms. The highest BCUT2D eigenvalue weighted by Crippen LogP contribution is 2.31. The summed E-state index contributed by atoms with van der Waals surface area (Å²) >= 11 is 0. The molecule has 0 aliphatic heterocycles. The number of benzene rings is 1. The fourth-order valence-electron chi connectivity index (χ4n) is 1.86. The molecule has 0 aliphatic carbocycles. The van der Waals surface area contributed by atoms with E-state index in [1.54, 1.807) is 13.2 Å². The van der Waals surface area contributed by atoms with Crippen LogP contribution in [0.2, 0.25) is 0 Å². The van der Waals surface area contributed by atoms with Crippen molar-refractivity contribution in [1.29, 1.82) is 5.26 Å². The molecule has 1 aromatic carbocycles. The molecule has 17 heavy (non-hydrogen) atoms. The molecule has 0 saturated heterocycles. The molecule has 1 unspecified atom stereocenters. The van der Waals surface area contributed by atoms with Crippen LogP contribution in [0.15, 0.2) is 18.2 Å². The Labute approximate surface area is 101 Å². The lowest BCUT2D eigenvalue weighted by atomic mass is 10.00. The van der Waals surface area contributed by atoms with Crippen LogP contribution in [0.1, 0.15) is 24.4 Å². The molecule has 92 valence electrons. The van der Waals surface area contributed by atoms with E-state index in [1.165, 1.54) is 12.1 Å². The number of rotatable bonds is 5. The van der Waals surface area contributed by atoms with Crippen molar-refractivity contribution in [1.82, 2.24) is 4.90 Å². The van der Waals surface area contributed by atoms with Crippen molar-refractivity contribution in [3.8, 4) is 11.8 Å². The van der Waals surface area contributed by atoms with Crippen molar-refractivity contribution in [2.45, 2.75) is 18.9 Å². The first-order valence-electron chi connectivity index (χ1n) is 5.47. The molecule has 3 nitrogen and oxygen atoms in total. The van der Waals surface area contributed by atoms with E-state index in [0.29, 0.717) is 18.6 Å². The van der Waals surface area contributed by atoms with Gasteiger partial charge in [-0.15, -0.1) is 0 Å². The van der Waals surface area contributed by atoms with Gasteiger partial charge in [0.1, 0.15) is 11.6 Å². The predicted octanol–water partition coefficient (Wildman–Crippen LogP) is 2.74. The van der Waals surface area contributed by atoms with Gasteiger partial charge in [-0.3, -0.25) is 0 Å². The van der Waals surface area contributed by atoms with Gasteiger partial charge in [-0.2, -0.15) is 5.26 Å². The van der Waals surface area contributed by atoms with Crippen molar-refractivity contribution in [2.75, 3.05) is 21.2 Å². The quantitative estimate of drug-likeness (QED) is 0.788. The number of nitriles is 1. The average molecular weight is 236 g/mol. The lowest BCUT2D eigenvalue weighted by Gasteiger charge is -2.25. The van der Waals surface area contributed by atoms with E-state index >= 15 is 0 Å². The van der Waals surface area contributed by atoms with Crippen molar-refractivity contribution in [3.05, 3.63) is 29.6 Å². The van der Waals surface area contributed by atoms with Gasteiger partial charge in [0.2, 0.25) is 0 Å². The normalized spacial score (nSPS) is 12.2. The van der Waals surface area contributed by atoms with Crippen LogP contribution in [0.5, 0.6) is 5.75 Å². The first-order valence-corrected chi connectivity index (χ1v) is 5.47. The van der Waals surface area contributed by atoms with Gasteiger partial charge in [-0.05, 0) is 38.7 Å². The summed E-state index contributed by atoms with van der Waals surface area (Å²) in [6, 6.07) is 6.57. The Morgan fingerprint density at radius 3 is 2.71 bits per heavy atom. The van der Waals surface area contributed by atoms with Crippen LogP contribution in [0, 0.1) is 17.1 Å². The predicted molar refractivity (Wildman–Crippen MR) is 64.2 cm³/mol. The minimum atomic E-state index is -0.287. The molecule has 0 heterocycles. The Morgan fingerprint density at radius 1 is 1.47 bits per heavy atom. The Hall–Kier alpha value is -1.60. The zero-order valence-corrected chi connectivity index (χ0v) is 10.4. The molecule has 0 bridgehead atoms. The van der Waals surface area contributed by atoms with E-state index in [0.717, 1.165) is 5.56 Å². The Morgan fingerprint density at radius 2 is 2.18 bits per heavy atom. The van der Waals surface area contributed by atoms with E-state index in [9.17, 15) is 4.39 Å². The van der Waals surface area contributed by atoms with Crippen LogP contribution in [-0.2, 0) is 0 Å². The maximum Gasteiger partial charge on any atom is 0.123 e. The molecule has 1 atom stereocenters. The lowest BCUT2D eigenvalue weighted by molar-refractivity contribution is 0.275. The van der Waals surface area contributed by atoms with Gasteiger partial charge in [-0.1, -0.05) is 0 Å². The van der Waals surface area contributed by atoms with Gasteiger partial charge >= 0.3 is 0 Å². The second-order valence-electron chi connectivity index (χ2n) is 4.06. The third-order valence-electron chi connectivity index (χ3n) is 2.70. The summed E-state index contributed by atoms with van der Waals surface area (Å²) in [5.74, 6) is 0.368. The minimum Gasteiger partial charge on any atom is -0.496 e. The van der Waals surface area contributed by atoms with Crippen molar-refractivity contribution < 1.29 is 9.13 Å². The highest BCUT2D eigenvalue weighted by Gasteiger charge is 2.18.